The van der Waals surface area contributed by atoms with Crippen LogP contribution in [0.4, 0.5) is 13.2 Å². The highest BCUT2D eigenvalue weighted by Gasteiger charge is 2.20. The average molecular weight is 305 g/mol. The van der Waals surface area contributed by atoms with E-state index < -0.39 is 34.4 Å². The van der Waals surface area contributed by atoms with E-state index in [0.29, 0.717) is 12.1 Å². The number of aromatic nitrogens is 2. The van der Waals surface area contributed by atoms with Crippen LogP contribution in [0.25, 0.3) is 5.69 Å². The Bertz CT molecular complexity index is 775. The number of rotatable bonds is 2. The van der Waals surface area contributed by atoms with E-state index >= 15 is 0 Å². The lowest BCUT2D eigenvalue weighted by molar-refractivity contribution is 0.529. The second kappa shape index (κ2) is 5.16. The molecule has 1 aromatic carbocycles. The van der Waals surface area contributed by atoms with Gasteiger partial charge in [-0.15, -0.1) is 0 Å². The SMILES string of the molecule is CCc1c(Cl)[nH]c(=O)n(-c2c(F)cc(F)cc2F)c1=O. The molecule has 0 fully saturated rings. The topological polar surface area (TPSA) is 54.9 Å². The van der Waals surface area contributed by atoms with Crippen molar-refractivity contribution in [3.8, 4) is 5.69 Å². The summed E-state index contributed by atoms with van der Waals surface area (Å²) in [6.45, 7) is 1.59. The van der Waals surface area contributed by atoms with Crippen LogP contribution in [-0.2, 0) is 6.42 Å². The fourth-order valence-corrected chi connectivity index (χ4v) is 2.10. The van der Waals surface area contributed by atoms with Gasteiger partial charge >= 0.3 is 5.69 Å². The molecule has 0 unspecified atom stereocenters. The zero-order valence-corrected chi connectivity index (χ0v) is 10.9. The van der Waals surface area contributed by atoms with Crippen molar-refractivity contribution in [2.24, 2.45) is 0 Å². The molecule has 2 rings (SSSR count). The van der Waals surface area contributed by atoms with Gasteiger partial charge in [0, 0.05) is 12.1 Å². The van der Waals surface area contributed by atoms with Crippen LogP contribution in [0, 0.1) is 17.5 Å². The minimum Gasteiger partial charge on any atom is -0.297 e. The zero-order valence-electron chi connectivity index (χ0n) is 10.1. The summed E-state index contributed by atoms with van der Waals surface area (Å²) in [5.41, 5.74) is -3.01. The normalized spacial score (nSPS) is 10.8. The summed E-state index contributed by atoms with van der Waals surface area (Å²) in [7, 11) is 0. The van der Waals surface area contributed by atoms with Crippen LogP contribution < -0.4 is 11.2 Å². The molecule has 1 N–H and O–H groups in total. The predicted octanol–water partition coefficient (Wildman–Crippen LogP) is 2.16. The van der Waals surface area contributed by atoms with Gasteiger partial charge in [0.15, 0.2) is 11.6 Å². The molecule has 8 heteroatoms. The molecule has 106 valence electrons. The number of nitrogens with one attached hydrogen (secondary N) is 1. The lowest BCUT2D eigenvalue weighted by atomic mass is 10.2. The van der Waals surface area contributed by atoms with E-state index in [2.05, 4.69) is 4.98 Å². The van der Waals surface area contributed by atoms with Crippen LogP contribution >= 0.6 is 11.6 Å². The van der Waals surface area contributed by atoms with Gasteiger partial charge in [-0.2, -0.15) is 0 Å². The van der Waals surface area contributed by atoms with Crippen LogP contribution in [0.5, 0.6) is 0 Å². The number of nitrogens with zero attached hydrogens (tertiary/aromatic N) is 1. The second-order valence-corrected chi connectivity index (χ2v) is 4.31. The highest BCUT2D eigenvalue weighted by Crippen LogP contribution is 2.17. The van der Waals surface area contributed by atoms with Gasteiger partial charge in [-0.3, -0.25) is 9.78 Å². The van der Waals surface area contributed by atoms with Crippen LogP contribution in [-0.4, -0.2) is 9.55 Å². The molecule has 0 saturated heterocycles. The second-order valence-electron chi connectivity index (χ2n) is 3.93. The predicted molar refractivity (Wildman–Crippen MR) is 66.9 cm³/mol. The Morgan fingerprint density at radius 1 is 1.20 bits per heavy atom. The molecule has 2 aromatic rings. The Morgan fingerprint density at radius 2 is 1.75 bits per heavy atom. The van der Waals surface area contributed by atoms with E-state index in [1.165, 1.54) is 0 Å². The van der Waals surface area contributed by atoms with Gasteiger partial charge in [-0.1, -0.05) is 18.5 Å². The van der Waals surface area contributed by atoms with Crippen LogP contribution in [0.1, 0.15) is 12.5 Å². The van der Waals surface area contributed by atoms with Crippen molar-refractivity contribution in [3.05, 3.63) is 61.1 Å². The van der Waals surface area contributed by atoms with E-state index in [1.807, 2.05) is 0 Å². The van der Waals surface area contributed by atoms with Crippen LogP contribution in [0.3, 0.4) is 0 Å². The molecule has 0 aliphatic heterocycles. The van der Waals surface area contributed by atoms with Crippen molar-refractivity contribution in [1.82, 2.24) is 9.55 Å². The Balaban J connectivity index is 2.91. The van der Waals surface area contributed by atoms with Crippen molar-refractivity contribution >= 4 is 11.6 Å². The molecule has 0 amide bonds. The lowest BCUT2D eigenvalue weighted by Gasteiger charge is -2.09. The third-order valence-corrected chi connectivity index (χ3v) is 3.03. The van der Waals surface area contributed by atoms with Crippen molar-refractivity contribution in [2.75, 3.05) is 0 Å². The maximum Gasteiger partial charge on any atom is 0.334 e. The minimum absolute atomic E-state index is 0.00519. The van der Waals surface area contributed by atoms with E-state index in [1.54, 1.807) is 6.92 Å². The largest absolute Gasteiger partial charge is 0.334 e. The standard InChI is InChI=1S/C12H8ClF3N2O2/c1-2-6-10(13)17-12(20)18(11(6)19)9-7(15)3-5(14)4-8(9)16/h3-4H,2H2,1H3,(H,17,20). The number of halogens is 4. The quantitative estimate of drug-likeness (QED) is 0.864. The van der Waals surface area contributed by atoms with Gasteiger partial charge in [0.2, 0.25) is 0 Å². The molecular formula is C12H8ClF3N2O2. The zero-order chi connectivity index (χ0) is 15.0. The van der Waals surface area contributed by atoms with Crippen LogP contribution in [0.2, 0.25) is 5.15 Å². The highest BCUT2D eigenvalue weighted by atomic mass is 35.5. The Kier molecular flexibility index (Phi) is 3.71. The molecule has 1 heterocycles. The molecule has 0 radical (unpaired) electrons. The van der Waals surface area contributed by atoms with Gasteiger partial charge < -0.3 is 0 Å². The van der Waals surface area contributed by atoms with Crippen molar-refractivity contribution < 1.29 is 13.2 Å². The van der Waals surface area contributed by atoms with Gasteiger partial charge in [0.1, 0.15) is 16.7 Å². The first-order valence-corrected chi connectivity index (χ1v) is 5.93. The summed E-state index contributed by atoms with van der Waals surface area (Å²) in [4.78, 5) is 25.9. The molecule has 4 nitrogen and oxygen atoms in total. The summed E-state index contributed by atoms with van der Waals surface area (Å²) < 4.78 is 40.5. The highest BCUT2D eigenvalue weighted by molar-refractivity contribution is 6.30. The molecule has 0 atom stereocenters. The lowest BCUT2D eigenvalue weighted by Crippen LogP contribution is -2.37. The van der Waals surface area contributed by atoms with Gasteiger partial charge in [-0.05, 0) is 6.42 Å². The summed E-state index contributed by atoms with van der Waals surface area (Å²) in [5, 5.41) is -0.193. The summed E-state index contributed by atoms with van der Waals surface area (Å²) in [6.07, 6.45) is 0.152. The molecule has 20 heavy (non-hydrogen) atoms. The van der Waals surface area contributed by atoms with Gasteiger partial charge in [0.05, 0.1) is 5.56 Å². The molecule has 0 aliphatic carbocycles. The molecule has 0 spiro atoms. The Morgan fingerprint density at radius 3 is 2.25 bits per heavy atom. The van der Waals surface area contributed by atoms with Crippen molar-refractivity contribution in [1.29, 1.82) is 0 Å². The third-order valence-electron chi connectivity index (χ3n) is 2.70. The Hall–Kier alpha value is -2.02. The summed E-state index contributed by atoms with van der Waals surface area (Å²) in [5.74, 6) is -3.88. The van der Waals surface area contributed by atoms with Gasteiger partial charge in [0.25, 0.3) is 5.56 Å². The molecule has 1 aromatic heterocycles. The van der Waals surface area contributed by atoms with Crippen LogP contribution in [0.15, 0.2) is 21.7 Å². The van der Waals surface area contributed by atoms with Gasteiger partial charge in [-0.25, -0.2) is 22.5 Å². The fraction of sp³-hybridized carbons (Fsp3) is 0.167. The Labute approximate surface area is 115 Å². The summed E-state index contributed by atoms with van der Waals surface area (Å²) in [6, 6.07) is 0.759. The van der Waals surface area contributed by atoms with E-state index in [-0.39, 0.29) is 21.7 Å². The van der Waals surface area contributed by atoms with E-state index in [9.17, 15) is 22.8 Å². The van der Waals surface area contributed by atoms with E-state index in [0.717, 1.165) is 0 Å². The number of H-pyrrole nitrogens is 1. The third kappa shape index (κ3) is 2.24. The molecule has 0 bridgehead atoms. The first-order chi connectivity index (χ1) is 9.36. The fourth-order valence-electron chi connectivity index (χ4n) is 1.80. The summed E-state index contributed by atoms with van der Waals surface area (Å²) >= 11 is 5.68. The smallest absolute Gasteiger partial charge is 0.297 e. The first-order valence-electron chi connectivity index (χ1n) is 5.55. The van der Waals surface area contributed by atoms with E-state index in [4.69, 9.17) is 11.6 Å². The van der Waals surface area contributed by atoms with Crippen molar-refractivity contribution in [2.45, 2.75) is 13.3 Å². The molecule has 0 saturated carbocycles. The van der Waals surface area contributed by atoms with Crippen molar-refractivity contribution in [3.63, 3.8) is 0 Å². The molecular weight excluding hydrogens is 297 g/mol. The maximum absolute atomic E-state index is 13.7. The molecule has 0 aliphatic rings. The number of hydrogen-bond donors (Lipinski definition) is 1. The number of aromatic amines is 1. The monoisotopic (exact) mass is 304 g/mol. The average Bonchev–Trinajstić information content (AvgIpc) is 2.32. The maximum atomic E-state index is 13.7. The first kappa shape index (κ1) is 14.4. The number of hydrogen-bond acceptors (Lipinski definition) is 2. The number of benzene rings is 1. The minimum atomic E-state index is -1.36.